The van der Waals surface area contributed by atoms with Gasteiger partial charge in [0.05, 0.1) is 12.3 Å². The Morgan fingerprint density at radius 3 is 2.57 bits per heavy atom. The Kier molecular flexibility index (Phi) is 4.45. The van der Waals surface area contributed by atoms with Gasteiger partial charge in [-0.1, -0.05) is 17.3 Å². The predicted octanol–water partition coefficient (Wildman–Crippen LogP) is 4.73. The van der Waals surface area contributed by atoms with Crippen LogP contribution in [0.25, 0.3) is 22.5 Å². The molecule has 1 N–H and O–H groups in total. The first kappa shape index (κ1) is 17.2. The van der Waals surface area contributed by atoms with Crippen LogP contribution in [-0.2, 0) is 13.0 Å². The maximum absolute atomic E-state index is 9.19. The van der Waals surface area contributed by atoms with Gasteiger partial charge >= 0.3 is 0 Å². The van der Waals surface area contributed by atoms with Crippen LogP contribution in [0.4, 0.5) is 0 Å². The highest BCUT2D eigenvalue weighted by molar-refractivity contribution is 6.04. The van der Waals surface area contributed by atoms with Crippen molar-refractivity contribution in [2.45, 2.75) is 32.2 Å². The molecular formula is C23H23N3O2. The Morgan fingerprint density at radius 2 is 1.79 bits per heavy atom. The van der Waals surface area contributed by atoms with Crippen LogP contribution in [0, 0.1) is 0 Å². The molecule has 142 valence electrons. The quantitative estimate of drug-likeness (QED) is 0.530. The number of nitrogens with zero attached hydrogens (tertiary/aromatic N) is 3. The number of benzene rings is 1. The van der Waals surface area contributed by atoms with E-state index in [-0.39, 0.29) is 0 Å². The number of fused-ring (bicyclic) bond motifs is 1. The van der Waals surface area contributed by atoms with Crippen molar-refractivity contribution in [2.75, 3.05) is 13.1 Å². The zero-order valence-corrected chi connectivity index (χ0v) is 15.8. The highest BCUT2D eigenvalue weighted by Crippen LogP contribution is 2.37. The summed E-state index contributed by atoms with van der Waals surface area (Å²) in [6.07, 6.45) is 7.85. The van der Waals surface area contributed by atoms with Gasteiger partial charge in [-0.3, -0.25) is 9.88 Å². The minimum absolute atomic E-state index is 0.769. The smallest absolute Gasteiger partial charge is 0.142 e. The molecule has 1 saturated heterocycles. The molecule has 0 spiro atoms. The predicted molar refractivity (Wildman–Crippen MR) is 109 cm³/mol. The molecule has 1 fully saturated rings. The van der Waals surface area contributed by atoms with E-state index in [0.29, 0.717) is 0 Å². The fourth-order valence-corrected chi connectivity index (χ4v) is 4.36. The first-order valence-corrected chi connectivity index (χ1v) is 9.92. The number of rotatable bonds is 4. The molecule has 5 heteroatoms. The Hall–Kier alpha value is -2.92. The van der Waals surface area contributed by atoms with Gasteiger partial charge in [-0.25, -0.2) is 0 Å². The molecular weight excluding hydrogens is 350 g/mol. The topological polar surface area (TPSA) is 61.9 Å². The lowest BCUT2D eigenvalue weighted by atomic mass is 9.99. The average Bonchev–Trinajstić information content (AvgIpc) is 3.48. The number of pyridine rings is 1. The number of hydrogen-bond donors (Lipinski definition) is 1. The molecule has 2 aliphatic rings. The van der Waals surface area contributed by atoms with E-state index in [0.717, 1.165) is 72.0 Å². The van der Waals surface area contributed by atoms with Crippen molar-refractivity contribution in [1.82, 2.24) is 9.88 Å². The third-order valence-electron chi connectivity index (χ3n) is 5.78. The highest BCUT2D eigenvalue weighted by atomic mass is 16.4. The zero-order chi connectivity index (χ0) is 18.9. The fourth-order valence-electron chi connectivity index (χ4n) is 4.36. The van der Waals surface area contributed by atoms with E-state index in [2.05, 4.69) is 33.2 Å². The molecule has 0 bridgehead atoms. The van der Waals surface area contributed by atoms with Crippen molar-refractivity contribution in [3.05, 3.63) is 65.7 Å². The first-order valence-electron chi connectivity index (χ1n) is 9.92. The largest absolute Gasteiger partial charge is 0.459 e. The number of aryl methyl sites for hydroxylation is 1. The lowest BCUT2D eigenvalue weighted by Gasteiger charge is -2.11. The summed E-state index contributed by atoms with van der Waals surface area (Å²) in [7, 11) is 0. The summed E-state index contributed by atoms with van der Waals surface area (Å²) in [6, 6.07) is 12.5. The van der Waals surface area contributed by atoms with Crippen molar-refractivity contribution in [1.29, 1.82) is 0 Å². The van der Waals surface area contributed by atoms with Crippen LogP contribution in [0.15, 0.2) is 58.4 Å². The third kappa shape index (κ3) is 3.12. The zero-order valence-electron chi connectivity index (χ0n) is 15.8. The van der Waals surface area contributed by atoms with E-state index in [1.54, 1.807) is 0 Å². The molecule has 28 heavy (non-hydrogen) atoms. The van der Waals surface area contributed by atoms with Crippen molar-refractivity contribution in [3.8, 4) is 22.5 Å². The molecule has 0 unspecified atom stereocenters. The molecule has 1 aliphatic heterocycles. The van der Waals surface area contributed by atoms with E-state index >= 15 is 0 Å². The van der Waals surface area contributed by atoms with Gasteiger partial charge in [0, 0.05) is 29.1 Å². The number of aromatic nitrogens is 1. The van der Waals surface area contributed by atoms with Crippen molar-refractivity contribution < 1.29 is 9.62 Å². The molecule has 5 nitrogen and oxygen atoms in total. The maximum atomic E-state index is 9.19. The Labute approximate surface area is 164 Å². The summed E-state index contributed by atoms with van der Waals surface area (Å²) in [5.74, 6) is 1.90. The molecule has 0 amide bonds. The van der Waals surface area contributed by atoms with Gasteiger partial charge in [0.1, 0.15) is 11.5 Å². The third-order valence-corrected chi connectivity index (χ3v) is 5.78. The Bertz CT molecular complexity index is 1020. The summed E-state index contributed by atoms with van der Waals surface area (Å²) in [5.41, 5.74) is 6.30. The van der Waals surface area contributed by atoms with E-state index in [1.807, 2.05) is 30.6 Å². The lowest BCUT2D eigenvalue weighted by molar-refractivity contribution is 0.299. The molecule has 3 heterocycles. The van der Waals surface area contributed by atoms with Gasteiger partial charge in [-0.05, 0) is 74.2 Å². The summed E-state index contributed by atoms with van der Waals surface area (Å²) >= 11 is 0. The van der Waals surface area contributed by atoms with Gasteiger partial charge in [-0.2, -0.15) is 0 Å². The van der Waals surface area contributed by atoms with Gasteiger partial charge in [0.15, 0.2) is 0 Å². The molecule has 3 aromatic rings. The number of likely N-dealkylation sites (tertiary alicyclic amines) is 1. The SMILES string of the molecule is O/N=C1\CCc2cc(-c3oc(CN4CCCC4)cc3-c3ccncc3)ccc21. The maximum Gasteiger partial charge on any atom is 0.142 e. The molecule has 2 aromatic heterocycles. The van der Waals surface area contributed by atoms with Crippen LogP contribution in [0.2, 0.25) is 0 Å². The van der Waals surface area contributed by atoms with E-state index in [4.69, 9.17) is 4.42 Å². The molecule has 0 radical (unpaired) electrons. The minimum atomic E-state index is 0.769. The average molecular weight is 373 g/mol. The Morgan fingerprint density at radius 1 is 0.964 bits per heavy atom. The van der Waals surface area contributed by atoms with Crippen molar-refractivity contribution >= 4 is 5.71 Å². The number of oxime groups is 1. The first-order chi connectivity index (χ1) is 13.8. The fraction of sp³-hybridized carbons (Fsp3) is 0.304. The van der Waals surface area contributed by atoms with Crippen molar-refractivity contribution in [3.63, 3.8) is 0 Å². The van der Waals surface area contributed by atoms with Gasteiger partial charge < -0.3 is 9.62 Å². The number of hydrogen-bond acceptors (Lipinski definition) is 5. The van der Waals surface area contributed by atoms with Crippen LogP contribution in [0.3, 0.4) is 0 Å². The van der Waals surface area contributed by atoms with E-state index in [1.165, 1.54) is 18.4 Å². The Balaban J connectivity index is 1.57. The summed E-state index contributed by atoms with van der Waals surface area (Å²) in [5, 5.41) is 12.6. The molecule has 5 rings (SSSR count). The van der Waals surface area contributed by atoms with Crippen LogP contribution in [-0.4, -0.2) is 33.9 Å². The van der Waals surface area contributed by atoms with Gasteiger partial charge in [-0.15, -0.1) is 0 Å². The molecule has 0 atom stereocenters. The standard InChI is InChI=1S/C23H23N3O2/c27-25-22-6-4-17-13-18(3-5-20(17)22)23-21(16-7-9-24-10-8-16)14-19(28-23)15-26-11-1-2-12-26/h3,5,7-10,13-14,27H,1-2,4,6,11-12,15H2/b25-22+. The van der Waals surface area contributed by atoms with Gasteiger partial charge in [0.25, 0.3) is 0 Å². The van der Waals surface area contributed by atoms with Crippen LogP contribution in [0.5, 0.6) is 0 Å². The summed E-state index contributed by atoms with van der Waals surface area (Å²) < 4.78 is 6.39. The van der Waals surface area contributed by atoms with Crippen LogP contribution in [0.1, 0.15) is 36.1 Å². The second-order valence-electron chi connectivity index (χ2n) is 7.59. The van der Waals surface area contributed by atoms with Crippen LogP contribution >= 0.6 is 0 Å². The van der Waals surface area contributed by atoms with Gasteiger partial charge in [0.2, 0.25) is 0 Å². The second kappa shape index (κ2) is 7.24. The highest BCUT2D eigenvalue weighted by Gasteiger charge is 2.22. The minimum Gasteiger partial charge on any atom is -0.459 e. The summed E-state index contributed by atoms with van der Waals surface area (Å²) in [6.45, 7) is 3.13. The normalized spacial score (nSPS) is 18.1. The monoisotopic (exact) mass is 373 g/mol. The number of furan rings is 1. The molecule has 0 saturated carbocycles. The van der Waals surface area contributed by atoms with E-state index < -0.39 is 0 Å². The molecule has 1 aromatic carbocycles. The second-order valence-corrected chi connectivity index (χ2v) is 7.59. The van der Waals surface area contributed by atoms with Crippen LogP contribution < -0.4 is 0 Å². The summed E-state index contributed by atoms with van der Waals surface area (Å²) in [4.78, 5) is 6.60. The lowest BCUT2D eigenvalue weighted by Crippen LogP contribution is -2.17. The molecule has 1 aliphatic carbocycles. The van der Waals surface area contributed by atoms with Crippen molar-refractivity contribution in [2.24, 2.45) is 5.16 Å². The van der Waals surface area contributed by atoms with E-state index in [9.17, 15) is 5.21 Å².